The summed E-state index contributed by atoms with van der Waals surface area (Å²) in [5.41, 5.74) is 3.01. The van der Waals surface area contributed by atoms with Crippen LogP contribution in [0, 0.1) is 6.92 Å². The van der Waals surface area contributed by atoms with Crippen LogP contribution in [-0.2, 0) is 14.6 Å². The van der Waals surface area contributed by atoms with E-state index < -0.39 is 9.84 Å². The summed E-state index contributed by atoms with van der Waals surface area (Å²) in [6.45, 7) is 5.30. The second kappa shape index (κ2) is 7.57. The van der Waals surface area contributed by atoms with E-state index in [-0.39, 0.29) is 12.4 Å². The fourth-order valence-corrected chi connectivity index (χ4v) is 3.52. The molecule has 0 saturated carbocycles. The average molecular weight is 347 g/mol. The van der Waals surface area contributed by atoms with Gasteiger partial charge in [0, 0.05) is 22.6 Å². The quantitative estimate of drug-likeness (QED) is 0.740. The van der Waals surface area contributed by atoms with Gasteiger partial charge in [-0.05, 0) is 37.6 Å². The maximum atomic E-state index is 12.2. The normalized spacial score (nSPS) is 15.0. The van der Waals surface area contributed by atoms with Crippen molar-refractivity contribution in [1.82, 2.24) is 4.98 Å². The first-order chi connectivity index (χ1) is 11.4. The molecule has 6 heteroatoms. The van der Waals surface area contributed by atoms with Gasteiger partial charge in [-0.1, -0.05) is 19.1 Å². The maximum absolute atomic E-state index is 12.2. The fraction of sp³-hybridized carbons (Fsp3) is 0.333. The van der Waals surface area contributed by atoms with Crippen LogP contribution in [0.15, 0.2) is 40.8 Å². The van der Waals surface area contributed by atoms with E-state index in [9.17, 15) is 13.2 Å². The SMILES string of the molecule is CCS(=O)(=O)C1=CC(C)=C(c2nc(C)ccc2OCC=O)C=CC1. The van der Waals surface area contributed by atoms with E-state index in [1.807, 2.05) is 32.1 Å². The number of nitrogens with zero attached hydrogens (tertiary/aromatic N) is 1. The van der Waals surface area contributed by atoms with Gasteiger partial charge in [-0.2, -0.15) is 0 Å². The predicted molar refractivity (Wildman–Crippen MR) is 94.4 cm³/mol. The highest BCUT2D eigenvalue weighted by molar-refractivity contribution is 7.95. The van der Waals surface area contributed by atoms with E-state index >= 15 is 0 Å². The lowest BCUT2D eigenvalue weighted by Gasteiger charge is -2.12. The number of pyridine rings is 1. The second-order valence-electron chi connectivity index (χ2n) is 5.49. The molecule has 1 aliphatic carbocycles. The Balaban J connectivity index is 2.57. The van der Waals surface area contributed by atoms with Gasteiger partial charge in [0.1, 0.15) is 18.1 Å². The van der Waals surface area contributed by atoms with Crippen LogP contribution in [0.3, 0.4) is 0 Å². The fourth-order valence-electron chi connectivity index (χ4n) is 2.45. The minimum Gasteiger partial charge on any atom is -0.484 e. The topological polar surface area (TPSA) is 73.3 Å². The molecule has 0 amide bonds. The summed E-state index contributed by atoms with van der Waals surface area (Å²) in [5.74, 6) is 0.577. The lowest BCUT2D eigenvalue weighted by molar-refractivity contribution is -0.109. The third-order valence-electron chi connectivity index (χ3n) is 3.74. The first-order valence-electron chi connectivity index (χ1n) is 7.74. The Morgan fingerprint density at radius 3 is 2.71 bits per heavy atom. The summed E-state index contributed by atoms with van der Waals surface area (Å²) in [6.07, 6.45) is 6.41. The number of hydrogen-bond acceptors (Lipinski definition) is 5. The molecular weight excluding hydrogens is 326 g/mol. The number of ether oxygens (including phenoxy) is 1. The summed E-state index contributed by atoms with van der Waals surface area (Å²) in [7, 11) is -3.24. The summed E-state index contributed by atoms with van der Waals surface area (Å²) in [5, 5.41) is 0. The molecule has 0 saturated heterocycles. The monoisotopic (exact) mass is 347 g/mol. The molecule has 0 aromatic carbocycles. The zero-order valence-corrected chi connectivity index (χ0v) is 14.9. The molecule has 5 nitrogen and oxygen atoms in total. The zero-order chi connectivity index (χ0) is 17.7. The Kier molecular flexibility index (Phi) is 5.72. The lowest BCUT2D eigenvalue weighted by atomic mass is 10.0. The van der Waals surface area contributed by atoms with Crippen molar-refractivity contribution in [2.24, 2.45) is 0 Å². The molecule has 1 aromatic heterocycles. The average Bonchev–Trinajstić information content (AvgIpc) is 2.75. The number of aryl methyl sites for hydroxylation is 1. The summed E-state index contributed by atoms with van der Waals surface area (Å²) in [6, 6.07) is 3.58. The minimum absolute atomic E-state index is 0.0565. The van der Waals surface area contributed by atoms with Gasteiger partial charge in [-0.25, -0.2) is 13.4 Å². The van der Waals surface area contributed by atoms with Crippen molar-refractivity contribution < 1.29 is 17.9 Å². The molecule has 2 rings (SSSR count). The van der Waals surface area contributed by atoms with Crippen molar-refractivity contribution in [1.29, 1.82) is 0 Å². The third kappa shape index (κ3) is 4.00. The minimum atomic E-state index is -3.24. The van der Waals surface area contributed by atoms with Crippen molar-refractivity contribution in [3.8, 4) is 5.75 Å². The number of carbonyl (C=O) groups is 1. The largest absolute Gasteiger partial charge is 0.484 e. The van der Waals surface area contributed by atoms with Gasteiger partial charge in [0.15, 0.2) is 16.1 Å². The van der Waals surface area contributed by atoms with Crippen molar-refractivity contribution >= 4 is 21.7 Å². The molecule has 0 bridgehead atoms. The summed E-state index contributed by atoms with van der Waals surface area (Å²) < 4.78 is 29.8. The Morgan fingerprint density at radius 1 is 1.29 bits per heavy atom. The van der Waals surface area contributed by atoms with Gasteiger partial charge >= 0.3 is 0 Å². The van der Waals surface area contributed by atoms with E-state index in [0.29, 0.717) is 29.1 Å². The zero-order valence-electron chi connectivity index (χ0n) is 14.1. The van der Waals surface area contributed by atoms with E-state index in [0.717, 1.165) is 16.8 Å². The predicted octanol–water partition coefficient (Wildman–Crippen LogP) is 3.02. The van der Waals surface area contributed by atoms with Gasteiger partial charge < -0.3 is 4.74 Å². The maximum Gasteiger partial charge on any atom is 0.174 e. The van der Waals surface area contributed by atoms with Crippen molar-refractivity contribution in [2.45, 2.75) is 27.2 Å². The van der Waals surface area contributed by atoms with Gasteiger partial charge in [0.25, 0.3) is 0 Å². The highest BCUT2D eigenvalue weighted by atomic mass is 32.2. The first-order valence-corrected chi connectivity index (χ1v) is 9.39. The summed E-state index contributed by atoms with van der Waals surface area (Å²) in [4.78, 5) is 15.5. The van der Waals surface area contributed by atoms with Gasteiger partial charge in [-0.3, -0.25) is 4.79 Å². The number of allylic oxidation sites excluding steroid dienone is 6. The van der Waals surface area contributed by atoms with Crippen LogP contribution in [0.25, 0.3) is 5.57 Å². The van der Waals surface area contributed by atoms with E-state index in [1.54, 1.807) is 19.1 Å². The molecule has 0 unspecified atom stereocenters. The number of rotatable bonds is 6. The van der Waals surface area contributed by atoms with Crippen LogP contribution >= 0.6 is 0 Å². The highest BCUT2D eigenvalue weighted by Crippen LogP contribution is 2.32. The Bertz CT molecular complexity index is 833. The Morgan fingerprint density at radius 2 is 2.04 bits per heavy atom. The van der Waals surface area contributed by atoms with Gasteiger partial charge in [0.05, 0.1) is 5.75 Å². The van der Waals surface area contributed by atoms with Crippen LogP contribution < -0.4 is 4.74 Å². The van der Waals surface area contributed by atoms with Crippen molar-refractivity contribution in [2.75, 3.05) is 12.4 Å². The summed E-state index contributed by atoms with van der Waals surface area (Å²) >= 11 is 0. The first kappa shape index (κ1) is 18.1. The number of carbonyl (C=O) groups excluding carboxylic acids is 1. The molecule has 0 N–H and O–H groups in total. The smallest absolute Gasteiger partial charge is 0.174 e. The molecule has 0 aliphatic heterocycles. The molecular formula is C18H21NO4S. The Labute approximate surface area is 142 Å². The lowest BCUT2D eigenvalue weighted by Crippen LogP contribution is -2.06. The Hall–Kier alpha value is -2.21. The highest BCUT2D eigenvalue weighted by Gasteiger charge is 2.19. The van der Waals surface area contributed by atoms with Gasteiger partial charge in [0.2, 0.25) is 0 Å². The van der Waals surface area contributed by atoms with Crippen LogP contribution in [0.2, 0.25) is 0 Å². The number of aromatic nitrogens is 1. The molecule has 1 aliphatic rings. The molecule has 0 spiro atoms. The number of hydrogen-bond donors (Lipinski definition) is 0. The van der Waals surface area contributed by atoms with Crippen LogP contribution in [0.4, 0.5) is 0 Å². The third-order valence-corrected chi connectivity index (χ3v) is 5.59. The van der Waals surface area contributed by atoms with Crippen molar-refractivity contribution in [3.05, 3.63) is 52.2 Å². The van der Waals surface area contributed by atoms with E-state index in [2.05, 4.69) is 4.98 Å². The molecule has 1 heterocycles. The van der Waals surface area contributed by atoms with E-state index in [1.165, 1.54) is 0 Å². The van der Waals surface area contributed by atoms with Gasteiger partial charge in [-0.15, -0.1) is 0 Å². The number of sulfone groups is 1. The molecule has 1 aromatic rings. The molecule has 24 heavy (non-hydrogen) atoms. The molecule has 0 atom stereocenters. The standard InChI is InChI=1S/C18H21NO4S/c1-4-24(21,22)15-6-5-7-16(13(2)12-15)18-17(23-11-10-20)9-8-14(3)19-18/h5,7-10,12H,4,6,11H2,1-3H3. The second-order valence-corrected chi connectivity index (χ2v) is 7.83. The molecule has 128 valence electrons. The van der Waals surface area contributed by atoms with Crippen LogP contribution in [0.1, 0.15) is 31.7 Å². The molecule has 0 radical (unpaired) electrons. The molecule has 0 fully saturated rings. The van der Waals surface area contributed by atoms with E-state index in [4.69, 9.17) is 4.74 Å². The number of aldehydes is 1. The van der Waals surface area contributed by atoms with Crippen molar-refractivity contribution in [3.63, 3.8) is 0 Å². The van der Waals surface area contributed by atoms with Crippen LogP contribution in [-0.4, -0.2) is 32.0 Å². The van der Waals surface area contributed by atoms with Crippen LogP contribution in [0.5, 0.6) is 5.75 Å².